The lowest BCUT2D eigenvalue weighted by Gasteiger charge is -2.37. The summed E-state index contributed by atoms with van der Waals surface area (Å²) in [7, 11) is 0. The summed E-state index contributed by atoms with van der Waals surface area (Å²) in [5, 5.41) is 15.3. The van der Waals surface area contributed by atoms with Crippen molar-refractivity contribution in [3.05, 3.63) is 59.7 Å². The summed E-state index contributed by atoms with van der Waals surface area (Å²) in [6.45, 7) is 6.65. The molecular weight excluding hydrogens is 404 g/mol. The third-order valence-electron chi connectivity index (χ3n) is 5.98. The predicted molar refractivity (Wildman–Crippen MR) is 125 cm³/mol. The minimum atomic E-state index is -0.593. The molecule has 2 amide bonds. The Morgan fingerprint density at radius 2 is 1.75 bits per heavy atom. The largest absolute Gasteiger partial charge is 0.394 e. The summed E-state index contributed by atoms with van der Waals surface area (Å²) < 4.78 is 5.56. The number of benzene rings is 2. The van der Waals surface area contributed by atoms with Crippen molar-refractivity contribution in [2.45, 2.75) is 52.1 Å². The molecule has 0 saturated carbocycles. The Kier molecular flexibility index (Phi) is 8.04. The highest BCUT2D eigenvalue weighted by Gasteiger charge is 2.41. The van der Waals surface area contributed by atoms with E-state index in [4.69, 9.17) is 4.74 Å². The molecule has 0 spiro atoms. The summed E-state index contributed by atoms with van der Waals surface area (Å²) in [5.74, 6) is -0.139. The van der Waals surface area contributed by atoms with Gasteiger partial charge in [-0.25, -0.2) is 0 Å². The van der Waals surface area contributed by atoms with Gasteiger partial charge in [0, 0.05) is 30.9 Å². The summed E-state index contributed by atoms with van der Waals surface area (Å²) >= 11 is 0. The van der Waals surface area contributed by atoms with E-state index < -0.39 is 5.41 Å². The molecule has 1 heterocycles. The second kappa shape index (κ2) is 10.7. The molecule has 172 valence electrons. The lowest BCUT2D eigenvalue weighted by atomic mass is 9.73. The molecule has 1 aliphatic heterocycles. The fraction of sp³-hybridized carbons (Fsp3) is 0.462. The number of nitrogens with one attached hydrogen (secondary N) is 2. The monoisotopic (exact) mass is 438 g/mol. The van der Waals surface area contributed by atoms with Gasteiger partial charge in [-0.3, -0.25) is 9.59 Å². The predicted octanol–water partition coefficient (Wildman–Crippen LogP) is 3.33. The summed E-state index contributed by atoms with van der Waals surface area (Å²) in [4.78, 5) is 25.8. The Hall–Kier alpha value is -2.70. The second-order valence-electron chi connectivity index (χ2n) is 8.99. The molecule has 2 aromatic rings. The van der Waals surface area contributed by atoms with Crippen molar-refractivity contribution in [1.82, 2.24) is 10.6 Å². The Labute approximate surface area is 190 Å². The van der Waals surface area contributed by atoms with Crippen molar-refractivity contribution in [3.8, 4) is 11.1 Å². The van der Waals surface area contributed by atoms with Crippen LogP contribution in [0.25, 0.3) is 11.1 Å². The van der Waals surface area contributed by atoms with Crippen LogP contribution in [-0.2, 0) is 16.0 Å². The number of carbonyl (C=O) groups is 2. The second-order valence-corrected chi connectivity index (χ2v) is 8.99. The lowest BCUT2D eigenvalue weighted by Crippen LogP contribution is -2.49. The molecule has 2 aromatic carbocycles. The molecule has 6 nitrogen and oxygen atoms in total. The molecule has 0 aromatic heterocycles. The van der Waals surface area contributed by atoms with Crippen molar-refractivity contribution in [2.75, 3.05) is 19.8 Å². The van der Waals surface area contributed by atoms with Crippen molar-refractivity contribution >= 4 is 11.8 Å². The van der Waals surface area contributed by atoms with E-state index in [-0.39, 0.29) is 30.5 Å². The van der Waals surface area contributed by atoms with E-state index in [0.29, 0.717) is 38.0 Å². The van der Waals surface area contributed by atoms with Gasteiger partial charge in [-0.2, -0.15) is 0 Å². The molecule has 1 aliphatic rings. The van der Waals surface area contributed by atoms with Crippen LogP contribution in [0.1, 0.15) is 49.5 Å². The van der Waals surface area contributed by atoms with Gasteiger partial charge in [0.25, 0.3) is 5.91 Å². The number of hydrogen-bond donors (Lipinski definition) is 3. The molecule has 1 saturated heterocycles. The number of amides is 2. The smallest absolute Gasteiger partial charge is 0.251 e. The Bertz CT molecular complexity index is 935. The first-order valence-corrected chi connectivity index (χ1v) is 11.3. The third-order valence-corrected chi connectivity index (χ3v) is 5.98. The van der Waals surface area contributed by atoms with Crippen LogP contribution in [0, 0.1) is 5.41 Å². The van der Waals surface area contributed by atoms with Crippen LogP contribution in [0.2, 0.25) is 0 Å². The fourth-order valence-corrected chi connectivity index (χ4v) is 4.16. The van der Waals surface area contributed by atoms with Crippen molar-refractivity contribution in [1.29, 1.82) is 0 Å². The molecular formula is C26H34N2O4. The highest BCUT2D eigenvalue weighted by Crippen LogP contribution is 2.38. The van der Waals surface area contributed by atoms with E-state index in [2.05, 4.69) is 16.7 Å². The standard InChI is InChI=1S/C26H34N2O4/c1-18(2)27-24(30)21-9-6-8-20(15-21)23-10-5-4-7-22(23)16-26(11-13-32-14-12-26)25(31)28-19(3)17-29/h4-10,15,18-19,29H,11-14,16-17H2,1-3H3,(H,27,30)(H,28,31). The Balaban J connectivity index is 1.93. The van der Waals surface area contributed by atoms with Crippen LogP contribution in [0.4, 0.5) is 0 Å². The molecule has 1 fully saturated rings. The third kappa shape index (κ3) is 5.75. The Morgan fingerprint density at radius 3 is 2.44 bits per heavy atom. The zero-order valence-corrected chi connectivity index (χ0v) is 19.2. The quantitative estimate of drug-likeness (QED) is 0.590. The minimum Gasteiger partial charge on any atom is -0.394 e. The van der Waals surface area contributed by atoms with Gasteiger partial charge >= 0.3 is 0 Å². The molecule has 1 unspecified atom stereocenters. The van der Waals surface area contributed by atoms with E-state index >= 15 is 0 Å². The number of rotatable bonds is 8. The van der Waals surface area contributed by atoms with Crippen LogP contribution in [0.15, 0.2) is 48.5 Å². The van der Waals surface area contributed by atoms with Gasteiger partial charge in [0.2, 0.25) is 5.91 Å². The maximum Gasteiger partial charge on any atom is 0.251 e. The molecule has 3 rings (SSSR count). The van der Waals surface area contributed by atoms with Gasteiger partial charge in [0.15, 0.2) is 0 Å². The molecule has 32 heavy (non-hydrogen) atoms. The average molecular weight is 439 g/mol. The highest BCUT2D eigenvalue weighted by atomic mass is 16.5. The van der Waals surface area contributed by atoms with Crippen molar-refractivity contribution in [3.63, 3.8) is 0 Å². The van der Waals surface area contributed by atoms with Crippen LogP contribution >= 0.6 is 0 Å². The van der Waals surface area contributed by atoms with E-state index in [9.17, 15) is 14.7 Å². The zero-order chi connectivity index (χ0) is 23.1. The summed E-state index contributed by atoms with van der Waals surface area (Å²) in [6, 6.07) is 15.4. The van der Waals surface area contributed by atoms with Crippen molar-refractivity contribution in [2.24, 2.45) is 5.41 Å². The van der Waals surface area contributed by atoms with E-state index in [1.807, 2.05) is 56.3 Å². The first-order chi connectivity index (χ1) is 15.3. The fourth-order valence-electron chi connectivity index (χ4n) is 4.16. The van der Waals surface area contributed by atoms with Crippen LogP contribution < -0.4 is 10.6 Å². The molecule has 0 aliphatic carbocycles. The maximum absolute atomic E-state index is 13.3. The van der Waals surface area contributed by atoms with Crippen LogP contribution in [0.5, 0.6) is 0 Å². The van der Waals surface area contributed by atoms with Gasteiger partial charge in [-0.1, -0.05) is 36.4 Å². The van der Waals surface area contributed by atoms with E-state index in [0.717, 1.165) is 16.7 Å². The zero-order valence-electron chi connectivity index (χ0n) is 19.2. The summed E-state index contributed by atoms with van der Waals surface area (Å²) in [5.41, 5.74) is 3.04. The van der Waals surface area contributed by atoms with E-state index in [1.165, 1.54) is 0 Å². The van der Waals surface area contributed by atoms with Gasteiger partial charge in [0.05, 0.1) is 12.0 Å². The number of ether oxygens (including phenoxy) is 1. The number of aliphatic hydroxyl groups excluding tert-OH is 1. The molecule has 0 bridgehead atoms. The van der Waals surface area contributed by atoms with Crippen LogP contribution in [0.3, 0.4) is 0 Å². The molecule has 3 N–H and O–H groups in total. The van der Waals surface area contributed by atoms with Gasteiger partial charge in [-0.05, 0) is 68.9 Å². The normalized spacial score (nSPS) is 16.4. The maximum atomic E-state index is 13.3. The topological polar surface area (TPSA) is 87.7 Å². The summed E-state index contributed by atoms with van der Waals surface area (Å²) in [6.07, 6.45) is 1.82. The molecule has 6 heteroatoms. The van der Waals surface area contributed by atoms with Gasteiger partial charge < -0.3 is 20.5 Å². The highest BCUT2D eigenvalue weighted by molar-refractivity contribution is 5.95. The molecule has 0 radical (unpaired) electrons. The minimum absolute atomic E-state index is 0.0396. The first-order valence-electron chi connectivity index (χ1n) is 11.3. The lowest BCUT2D eigenvalue weighted by molar-refractivity contribution is -0.137. The SMILES string of the molecule is CC(C)NC(=O)c1cccc(-c2ccccc2CC2(C(=O)NC(C)CO)CCOCC2)c1. The Morgan fingerprint density at radius 1 is 1.03 bits per heavy atom. The first kappa shape index (κ1) is 24.0. The van der Waals surface area contributed by atoms with Gasteiger partial charge in [-0.15, -0.1) is 0 Å². The number of aliphatic hydroxyl groups is 1. The number of hydrogen-bond acceptors (Lipinski definition) is 4. The number of carbonyl (C=O) groups excluding carboxylic acids is 2. The van der Waals surface area contributed by atoms with Gasteiger partial charge in [0.1, 0.15) is 0 Å². The molecule has 1 atom stereocenters. The average Bonchev–Trinajstić information content (AvgIpc) is 2.79. The van der Waals surface area contributed by atoms with E-state index in [1.54, 1.807) is 6.92 Å². The van der Waals surface area contributed by atoms with Crippen molar-refractivity contribution < 1.29 is 19.4 Å². The van der Waals surface area contributed by atoms with Crippen LogP contribution in [-0.4, -0.2) is 48.8 Å².